The summed E-state index contributed by atoms with van der Waals surface area (Å²) in [4.78, 5) is 31.2. The summed E-state index contributed by atoms with van der Waals surface area (Å²) in [6.07, 6.45) is 1.47. The lowest BCUT2D eigenvalue weighted by Gasteiger charge is -2.36. The van der Waals surface area contributed by atoms with Crippen molar-refractivity contribution in [3.8, 4) is 0 Å². The molecule has 0 bridgehead atoms. The molecule has 1 N–H and O–H groups in total. The van der Waals surface area contributed by atoms with E-state index in [0.29, 0.717) is 45.9 Å². The molecule has 2 aliphatic heterocycles. The first-order valence-corrected chi connectivity index (χ1v) is 10.6. The molecule has 0 spiro atoms. The van der Waals surface area contributed by atoms with Crippen molar-refractivity contribution in [2.24, 2.45) is 5.92 Å². The molecule has 1 atom stereocenters. The van der Waals surface area contributed by atoms with E-state index in [1.54, 1.807) is 0 Å². The van der Waals surface area contributed by atoms with Gasteiger partial charge in [-0.25, -0.2) is 4.79 Å². The van der Waals surface area contributed by atoms with Crippen LogP contribution in [-0.4, -0.2) is 86.7 Å². The Morgan fingerprint density at radius 3 is 2.28 bits per heavy atom. The number of carbonyl (C=O) groups is 2. The summed E-state index contributed by atoms with van der Waals surface area (Å²) >= 11 is 0. The summed E-state index contributed by atoms with van der Waals surface area (Å²) in [7, 11) is 4.05. The Balaban J connectivity index is 1.47. The van der Waals surface area contributed by atoms with Crippen LogP contribution in [0.3, 0.4) is 0 Å². The van der Waals surface area contributed by atoms with E-state index in [0.717, 1.165) is 12.8 Å². The van der Waals surface area contributed by atoms with Gasteiger partial charge in [0.2, 0.25) is 5.91 Å². The lowest BCUT2D eigenvalue weighted by Crippen LogP contribution is -2.50. The molecule has 7 nitrogen and oxygen atoms in total. The Labute approximate surface area is 174 Å². The van der Waals surface area contributed by atoms with Crippen molar-refractivity contribution in [1.82, 2.24) is 20.0 Å². The molecule has 160 valence electrons. The third-order valence-corrected chi connectivity index (χ3v) is 5.99. The molecule has 7 heteroatoms. The topological polar surface area (TPSA) is 65.1 Å². The molecule has 1 aromatic carbocycles. The first-order chi connectivity index (χ1) is 14.0. The first-order valence-electron chi connectivity index (χ1n) is 10.6. The number of piperidine rings is 1. The predicted octanol–water partition coefficient (Wildman–Crippen LogP) is 1.88. The first kappa shape index (κ1) is 21.6. The van der Waals surface area contributed by atoms with Crippen LogP contribution in [0.4, 0.5) is 4.79 Å². The minimum Gasteiger partial charge on any atom is -0.378 e. The van der Waals surface area contributed by atoms with Crippen LogP contribution in [-0.2, 0) is 9.53 Å². The van der Waals surface area contributed by atoms with Gasteiger partial charge in [-0.2, -0.15) is 0 Å². The monoisotopic (exact) mass is 402 g/mol. The highest BCUT2D eigenvalue weighted by molar-refractivity contribution is 5.80. The maximum absolute atomic E-state index is 12.7. The van der Waals surface area contributed by atoms with Crippen LogP contribution in [0.1, 0.15) is 30.0 Å². The van der Waals surface area contributed by atoms with Crippen molar-refractivity contribution < 1.29 is 14.3 Å². The predicted molar refractivity (Wildman–Crippen MR) is 113 cm³/mol. The highest BCUT2D eigenvalue weighted by atomic mass is 16.5. The second-order valence-electron chi connectivity index (χ2n) is 8.28. The number of nitrogens with one attached hydrogen (secondary N) is 1. The smallest absolute Gasteiger partial charge is 0.317 e. The summed E-state index contributed by atoms with van der Waals surface area (Å²) in [6.45, 7) is 6.51. The van der Waals surface area contributed by atoms with Crippen molar-refractivity contribution >= 4 is 11.9 Å². The van der Waals surface area contributed by atoms with Crippen molar-refractivity contribution in [3.63, 3.8) is 0 Å². The second kappa shape index (κ2) is 10.1. The molecule has 0 aliphatic carbocycles. The van der Waals surface area contributed by atoms with Crippen LogP contribution in [0.2, 0.25) is 0 Å². The van der Waals surface area contributed by atoms with Crippen LogP contribution >= 0.6 is 0 Å². The van der Waals surface area contributed by atoms with Crippen molar-refractivity contribution in [2.45, 2.75) is 25.8 Å². The number of hydrogen-bond acceptors (Lipinski definition) is 4. The highest BCUT2D eigenvalue weighted by Gasteiger charge is 2.31. The normalized spacial score (nSPS) is 19.3. The molecule has 0 radical (unpaired) electrons. The van der Waals surface area contributed by atoms with Gasteiger partial charge in [-0.05, 0) is 39.4 Å². The van der Waals surface area contributed by atoms with E-state index in [4.69, 9.17) is 4.74 Å². The molecule has 2 fully saturated rings. The Morgan fingerprint density at radius 1 is 1.07 bits per heavy atom. The van der Waals surface area contributed by atoms with Gasteiger partial charge in [0.15, 0.2) is 0 Å². The average Bonchev–Trinajstić information content (AvgIpc) is 2.75. The number of ether oxygens (including phenoxy) is 1. The SMILES string of the molecule is Cc1ccc(C(CNC(=O)N2CCC(C(=O)N3CCOCC3)CC2)N(C)C)cc1. The molecule has 2 heterocycles. The van der Waals surface area contributed by atoms with E-state index in [2.05, 4.69) is 41.4 Å². The van der Waals surface area contributed by atoms with Crippen molar-refractivity contribution in [3.05, 3.63) is 35.4 Å². The molecule has 3 rings (SSSR count). The number of likely N-dealkylation sites (N-methyl/N-ethyl adjacent to an activating group) is 1. The van der Waals surface area contributed by atoms with E-state index in [9.17, 15) is 9.59 Å². The fourth-order valence-electron chi connectivity index (χ4n) is 4.05. The van der Waals surface area contributed by atoms with Crippen LogP contribution in [0.5, 0.6) is 0 Å². The van der Waals surface area contributed by atoms with Gasteiger partial charge < -0.3 is 24.8 Å². The highest BCUT2D eigenvalue weighted by Crippen LogP contribution is 2.21. The van der Waals surface area contributed by atoms with Crippen LogP contribution in [0.15, 0.2) is 24.3 Å². The van der Waals surface area contributed by atoms with E-state index in [-0.39, 0.29) is 23.9 Å². The minimum absolute atomic E-state index is 0.0271. The van der Waals surface area contributed by atoms with Gasteiger partial charge in [0.25, 0.3) is 0 Å². The van der Waals surface area contributed by atoms with E-state index < -0.39 is 0 Å². The second-order valence-corrected chi connectivity index (χ2v) is 8.28. The molecule has 3 amide bonds. The van der Waals surface area contributed by atoms with Crippen molar-refractivity contribution in [1.29, 1.82) is 0 Å². The number of benzene rings is 1. The van der Waals surface area contributed by atoms with Gasteiger partial charge >= 0.3 is 6.03 Å². The van der Waals surface area contributed by atoms with Gasteiger partial charge in [-0.3, -0.25) is 4.79 Å². The Bertz CT molecular complexity index is 678. The minimum atomic E-state index is -0.0405. The van der Waals surface area contributed by atoms with E-state index in [1.807, 2.05) is 23.9 Å². The van der Waals surface area contributed by atoms with E-state index >= 15 is 0 Å². The Kier molecular flexibility index (Phi) is 7.50. The van der Waals surface area contributed by atoms with Gasteiger partial charge in [0.1, 0.15) is 0 Å². The fourth-order valence-corrected chi connectivity index (χ4v) is 4.05. The van der Waals surface area contributed by atoms with E-state index in [1.165, 1.54) is 11.1 Å². The number of amides is 3. The standard InChI is InChI=1S/C22H34N4O3/c1-17-4-6-18(7-5-17)20(24(2)3)16-23-22(28)26-10-8-19(9-11-26)21(27)25-12-14-29-15-13-25/h4-7,19-20H,8-16H2,1-3H3,(H,23,28). The lowest BCUT2D eigenvalue weighted by molar-refractivity contribution is -0.141. The summed E-state index contributed by atoms with van der Waals surface area (Å²) in [5.74, 6) is 0.250. The quantitative estimate of drug-likeness (QED) is 0.817. The maximum atomic E-state index is 12.7. The van der Waals surface area contributed by atoms with Gasteiger partial charge in [0, 0.05) is 38.6 Å². The van der Waals surface area contributed by atoms with Gasteiger partial charge in [-0.1, -0.05) is 29.8 Å². The number of hydrogen-bond donors (Lipinski definition) is 1. The number of rotatable bonds is 5. The summed E-state index contributed by atoms with van der Waals surface area (Å²) in [5, 5.41) is 3.09. The number of urea groups is 1. The average molecular weight is 403 g/mol. The number of nitrogens with zero attached hydrogens (tertiary/aromatic N) is 3. The Hall–Kier alpha value is -2.12. The number of likely N-dealkylation sites (tertiary alicyclic amines) is 1. The molecular weight excluding hydrogens is 368 g/mol. The zero-order valence-corrected chi connectivity index (χ0v) is 17.9. The zero-order chi connectivity index (χ0) is 20.8. The summed E-state index contributed by atoms with van der Waals surface area (Å²) in [6, 6.07) is 8.53. The van der Waals surface area contributed by atoms with Crippen LogP contribution in [0.25, 0.3) is 0 Å². The third kappa shape index (κ3) is 5.70. The number of morpholine rings is 1. The molecular formula is C22H34N4O3. The lowest BCUT2D eigenvalue weighted by atomic mass is 9.95. The number of carbonyl (C=O) groups excluding carboxylic acids is 2. The molecule has 0 saturated carbocycles. The Morgan fingerprint density at radius 2 is 1.69 bits per heavy atom. The number of aryl methyl sites for hydroxylation is 1. The molecule has 0 aromatic heterocycles. The van der Waals surface area contributed by atoms with Gasteiger partial charge in [-0.15, -0.1) is 0 Å². The van der Waals surface area contributed by atoms with Crippen LogP contribution in [0, 0.1) is 12.8 Å². The molecule has 1 unspecified atom stereocenters. The summed E-state index contributed by atoms with van der Waals surface area (Å²) in [5.41, 5.74) is 2.42. The zero-order valence-electron chi connectivity index (χ0n) is 17.9. The van der Waals surface area contributed by atoms with Crippen LogP contribution < -0.4 is 5.32 Å². The molecule has 2 saturated heterocycles. The summed E-state index contributed by atoms with van der Waals surface area (Å²) < 4.78 is 5.33. The fraction of sp³-hybridized carbons (Fsp3) is 0.636. The molecule has 1 aromatic rings. The molecule has 2 aliphatic rings. The third-order valence-electron chi connectivity index (χ3n) is 5.99. The largest absolute Gasteiger partial charge is 0.378 e. The van der Waals surface area contributed by atoms with Gasteiger partial charge in [0.05, 0.1) is 19.3 Å². The van der Waals surface area contributed by atoms with Crippen molar-refractivity contribution in [2.75, 3.05) is 60.0 Å². The molecule has 29 heavy (non-hydrogen) atoms. The maximum Gasteiger partial charge on any atom is 0.317 e.